The fourth-order valence-corrected chi connectivity index (χ4v) is 3.52. The standard InChI is InChI=1S/C13H19ClN2OS/c1-2-17-8-12-15-11(14)7-13(16-12)18-9-10-5-3-4-6-10/h7,10H,2-6,8-9H2,1H3. The quantitative estimate of drug-likeness (QED) is 0.586. The third kappa shape index (κ3) is 4.41. The fraction of sp³-hybridized carbons (Fsp3) is 0.692. The molecule has 1 heterocycles. The molecule has 1 aliphatic rings. The van der Waals surface area contributed by atoms with Crippen LogP contribution in [-0.2, 0) is 11.3 Å². The maximum absolute atomic E-state index is 6.00. The molecule has 1 fully saturated rings. The Balaban J connectivity index is 1.91. The molecule has 1 saturated carbocycles. The number of thioether (sulfide) groups is 1. The number of ether oxygens (including phenoxy) is 1. The van der Waals surface area contributed by atoms with Gasteiger partial charge in [0.1, 0.15) is 16.8 Å². The topological polar surface area (TPSA) is 35.0 Å². The molecule has 100 valence electrons. The summed E-state index contributed by atoms with van der Waals surface area (Å²) in [4.78, 5) is 8.64. The van der Waals surface area contributed by atoms with Gasteiger partial charge < -0.3 is 4.74 Å². The van der Waals surface area contributed by atoms with Gasteiger partial charge in [-0.25, -0.2) is 9.97 Å². The Morgan fingerprint density at radius 1 is 1.39 bits per heavy atom. The van der Waals surface area contributed by atoms with Crippen LogP contribution in [0.1, 0.15) is 38.4 Å². The summed E-state index contributed by atoms with van der Waals surface area (Å²) in [6.07, 6.45) is 5.48. The number of halogens is 1. The first-order chi connectivity index (χ1) is 8.78. The summed E-state index contributed by atoms with van der Waals surface area (Å²) in [6.45, 7) is 3.06. The van der Waals surface area contributed by atoms with E-state index in [0.29, 0.717) is 24.2 Å². The second kappa shape index (κ2) is 7.31. The molecule has 0 spiro atoms. The van der Waals surface area contributed by atoms with E-state index in [-0.39, 0.29) is 0 Å². The molecular formula is C13H19ClN2OS. The Hall–Kier alpha value is -0.320. The molecule has 1 aliphatic carbocycles. The van der Waals surface area contributed by atoms with Crippen molar-refractivity contribution in [3.05, 3.63) is 17.0 Å². The number of aromatic nitrogens is 2. The zero-order valence-corrected chi connectivity index (χ0v) is 12.3. The lowest BCUT2D eigenvalue weighted by atomic mass is 10.1. The first-order valence-electron chi connectivity index (χ1n) is 6.52. The average Bonchev–Trinajstić information content (AvgIpc) is 2.86. The highest BCUT2D eigenvalue weighted by atomic mass is 35.5. The molecule has 0 unspecified atom stereocenters. The van der Waals surface area contributed by atoms with Gasteiger partial charge in [0.2, 0.25) is 0 Å². The minimum absolute atomic E-state index is 0.439. The summed E-state index contributed by atoms with van der Waals surface area (Å²) >= 11 is 7.79. The number of hydrogen-bond acceptors (Lipinski definition) is 4. The van der Waals surface area contributed by atoms with E-state index in [0.717, 1.165) is 16.7 Å². The second-order valence-corrected chi connectivity index (χ2v) is 5.97. The minimum Gasteiger partial charge on any atom is -0.374 e. The van der Waals surface area contributed by atoms with Gasteiger partial charge in [-0.15, -0.1) is 11.8 Å². The van der Waals surface area contributed by atoms with Crippen LogP contribution in [0.2, 0.25) is 5.15 Å². The lowest BCUT2D eigenvalue weighted by Crippen LogP contribution is -2.02. The van der Waals surface area contributed by atoms with Crippen molar-refractivity contribution in [3.8, 4) is 0 Å². The largest absolute Gasteiger partial charge is 0.374 e. The van der Waals surface area contributed by atoms with E-state index < -0.39 is 0 Å². The average molecular weight is 287 g/mol. The molecule has 0 N–H and O–H groups in total. The van der Waals surface area contributed by atoms with Crippen LogP contribution in [0.4, 0.5) is 0 Å². The highest BCUT2D eigenvalue weighted by molar-refractivity contribution is 7.99. The van der Waals surface area contributed by atoms with E-state index in [1.165, 1.54) is 25.7 Å². The smallest absolute Gasteiger partial charge is 0.156 e. The van der Waals surface area contributed by atoms with Gasteiger partial charge in [-0.3, -0.25) is 0 Å². The van der Waals surface area contributed by atoms with Gasteiger partial charge in [0, 0.05) is 18.4 Å². The normalized spacial score (nSPS) is 16.3. The maximum Gasteiger partial charge on any atom is 0.156 e. The fourth-order valence-electron chi connectivity index (χ4n) is 2.15. The molecule has 1 aromatic rings. The molecule has 0 aliphatic heterocycles. The molecule has 2 rings (SSSR count). The molecule has 0 saturated heterocycles. The van der Waals surface area contributed by atoms with E-state index in [2.05, 4.69) is 9.97 Å². The Morgan fingerprint density at radius 3 is 2.89 bits per heavy atom. The summed E-state index contributed by atoms with van der Waals surface area (Å²) in [7, 11) is 0. The molecule has 0 aromatic carbocycles. The third-order valence-corrected chi connectivity index (χ3v) is 4.43. The van der Waals surface area contributed by atoms with Gasteiger partial charge in [-0.05, 0) is 25.7 Å². The first kappa shape index (κ1) is 14.1. The van der Waals surface area contributed by atoms with Crippen LogP contribution in [0.25, 0.3) is 0 Å². The molecule has 0 radical (unpaired) electrons. The summed E-state index contributed by atoms with van der Waals surface area (Å²) in [5.41, 5.74) is 0. The lowest BCUT2D eigenvalue weighted by molar-refractivity contribution is 0.128. The van der Waals surface area contributed by atoms with Crippen LogP contribution in [0.3, 0.4) is 0 Å². The monoisotopic (exact) mass is 286 g/mol. The van der Waals surface area contributed by atoms with E-state index in [1.54, 1.807) is 11.8 Å². The molecule has 18 heavy (non-hydrogen) atoms. The Kier molecular flexibility index (Phi) is 5.73. The van der Waals surface area contributed by atoms with Gasteiger partial charge in [-0.1, -0.05) is 24.4 Å². The molecule has 5 heteroatoms. The van der Waals surface area contributed by atoms with Crippen LogP contribution in [-0.4, -0.2) is 22.3 Å². The van der Waals surface area contributed by atoms with Crippen molar-refractivity contribution >= 4 is 23.4 Å². The molecule has 1 aromatic heterocycles. The van der Waals surface area contributed by atoms with Crippen molar-refractivity contribution in [3.63, 3.8) is 0 Å². The van der Waals surface area contributed by atoms with E-state index >= 15 is 0 Å². The number of nitrogens with zero attached hydrogens (tertiary/aromatic N) is 2. The van der Waals surface area contributed by atoms with Crippen molar-refractivity contribution in [1.29, 1.82) is 0 Å². The first-order valence-corrected chi connectivity index (χ1v) is 7.88. The molecule has 0 atom stereocenters. The zero-order chi connectivity index (χ0) is 12.8. The van der Waals surface area contributed by atoms with E-state index in [1.807, 2.05) is 13.0 Å². The Morgan fingerprint density at radius 2 is 2.17 bits per heavy atom. The van der Waals surface area contributed by atoms with Gasteiger partial charge >= 0.3 is 0 Å². The van der Waals surface area contributed by atoms with Crippen LogP contribution >= 0.6 is 23.4 Å². The van der Waals surface area contributed by atoms with E-state index in [9.17, 15) is 0 Å². The van der Waals surface area contributed by atoms with Crippen LogP contribution in [0, 0.1) is 5.92 Å². The molecule has 0 amide bonds. The summed E-state index contributed by atoms with van der Waals surface area (Å²) in [5, 5.41) is 1.48. The van der Waals surface area contributed by atoms with Crippen LogP contribution in [0.5, 0.6) is 0 Å². The Labute approximate surface area is 118 Å². The van der Waals surface area contributed by atoms with Gasteiger partial charge in [0.25, 0.3) is 0 Å². The highest BCUT2D eigenvalue weighted by Gasteiger charge is 2.15. The SMILES string of the molecule is CCOCc1nc(Cl)cc(SCC2CCCC2)n1. The van der Waals surface area contributed by atoms with Crippen molar-refractivity contribution < 1.29 is 4.74 Å². The molecular weight excluding hydrogens is 268 g/mol. The second-order valence-electron chi connectivity index (χ2n) is 4.54. The predicted molar refractivity (Wildman–Crippen MR) is 75.1 cm³/mol. The number of rotatable bonds is 6. The van der Waals surface area contributed by atoms with Crippen LogP contribution < -0.4 is 0 Å². The Bertz CT molecular complexity index is 383. The minimum atomic E-state index is 0.439. The molecule has 0 bridgehead atoms. The predicted octanol–water partition coefficient (Wildman–Crippen LogP) is 3.95. The zero-order valence-electron chi connectivity index (χ0n) is 10.7. The van der Waals surface area contributed by atoms with Crippen molar-refractivity contribution in [2.24, 2.45) is 5.92 Å². The van der Waals surface area contributed by atoms with Gasteiger partial charge in [-0.2, -0.15) is 0 Å². The maximum atomic E-state index is 6.00. The van der Waals surface area contributed by atoms with Crippen LogP contribution in [0.15, 0.2) is 11.1 Å². The van der Waals surface area contributed by atoms with Gasteiger partial charge in [0.15, 0.2) is 5.82 Å². The van der Waals surface area contributed by atoms with Crippen molar-refractivity contribution in [1.82, 2.24) is 9.97 Å². The summed E-state index contributed by atoms with van der Waals surface area (Å²) in [5.74, 6) is 2.67. The third-order valence-electron chi connectivity index (χ3n) is 3.09. The van der Waals surface area contributed by atoms with E-state index in [4.69, 9.17) is 16.3 Å². The lowest BCUT2D eigenvalue weighted by Gasteiger charge is -2.09. The summed E-state index contributed by atoms with van der Waals surface area (Å²) < 4.78 is 5.31. The van der Waals surface area contributed by atoms with Crippen molar-refractivity contribution in [2.75, 3.05) is 12.4 Å². The van der Waals surface area contributed by atoms with Crippen molar-refractivity contribution in [2.45, 2.75) is 44.2 Å². The number of hydrogen-bond donors (Lipinski definition) is 0. The highest BCUT2D eigenvalue weighted by Crippen LogP contribution is 2.30. The van der Waals surface area contributed by atoms with Gasteiger partial charge in [0.05, 0.1) is 0 Å². The summed E-state index contributed by atoms with van der Waals surface area (Å²) in [6, 6.07) is 1.84. The molecule has 3 nitrogen and oxygen atoms in total.